The zero-order chi connectivity index (χ0) is 11.8. The Balaban J connectivity index is 2.09. The number of benzene rings is 1. The maximum absolute atomic E-state index is 9.92. The number of phenolic OH excluding ortho intramolecular Hbond substituents is 1. The second-order valence-electron chi connectivity index (χ2n) is 5.02. The summed E-state index contributed by atoms with van der Waals surface area (Å²) in [4.78, 5) is 0. The van der Waals surface area contributed by atoms with Gasteiger partial charge in [0.25, 0.3) is 0 Å². The van der Waals surface area contributed by atoms with Gasteiger partial charge < -0.3 is 10.4 Å². The Hall–Kier alpha value is -0.540. The van der Waals surface area contributed by atoms with Crippen LogP contribution in [0.15, 0.2) is 16.6 Å². The first-order valence-corrected chi connectivity index (χ1v) is 6.52. The second kappa shape index (κ2) is 4.38. The minimum absolute atomic E-state index is 0.280. The summed E-state index contributed by atoms with van der Waals surface area (Å²) in [5.41, 5.74) is 2.42. The van der Waals surface area contributed by atoms with E-state index in [9.17, 15) is 5.11 Å². The molecule has 2 nitrogen and oxygen atoms in total. The van der Waals surface area contributed by atoms with Gasteiger partial charge in [-0.1, -0.05) is 6.07 Å². The molecule has 1 fully saturated rings. The third-order valence-corrected chi connectivity index (χ3v) is 4.05. The lowest BCUT2D eigenvalue weighted by Gasteiger charge is -2.39. The van der Waals surface area contributed by atoms with Gasteiger partial charge in [-0.05, 0) is 60.7 Å². The zero-order valence-electron chi connectivity index (χ0n) is 9.81. The van der Waals surface area contributed by atoms with Gasteiger partial charge in [0, 0.05) is 17.6 Å². The Morgan fingerprint density at radius 2 is 2.12 bits per heavy atom. The summed E-state index contributed by atoms with van der Waals surface area (Å²) in [7, 11) is 0. The van der Waals surface area contributed by atoms with Crippen molar-refractivity contribution in [1.82, 2.24) is 5.32 Å². The average molecular weight is 284 g/mol. The molecule has 0 bridgehead atoms. The normalized spacial score (nSPS) is 18.2. The first kappa shape index (κ1) is 11.9. The van der Waals surface area contributed by atoms with Crippen LogP contribution in [0.3, 0.4) is 0 Å². The number of halogens is 1. The topological polar surface area (TPSA) is 32.3 Å². The van der Waals surface area contributed by atoms with Crippen LogP contribution >= 0.6 is 15.9 Å². The van der Waals surface area contributed by atoms with Crippen molar-refractivity contribution in [2.45, 2.75) is 45.2 Å². The van der Waals surface area contributed by atoms with E-state index in [2.05, 4.69) is 28.2 Å². The lowest BCUT2D eigenvalue weighted by Crippen LogP contribution is -2.47. The highest BCUT2D eigenvalue weighted by atomic mass is 79.9. The molecular weight excluding hydrogens is 266 g/mol. The number of phenols is 1. The Kier molecular flexibility index (Phi) is 3.27. The fraction of sp³-hybridized carbons (Fsp3) is 0.538. The van der Waals surface area contributed by atoms with Crippen LogP contribution in [-0.4, -0.2) is 10.6 Å². The Morgan fingerprint density at radius 3 is 2.69 bits per heavy atom. The summed E-state index contributed by atoms with van der Waals surface area (Å²) in [6, 6.07) is 3.97. The quantitative estimate of drug-likeness (QED) is 0.890. The predicted molar refractivity (Wildman–Crippen MR) is 69.6 cm³/mol. The van der Waals surface area contributed by atoms with Crippen LogP contribution in [0.1, 0.15) is 37.3 Å². The standard InChI is InChI=1S/C13H18BrNO/c1-9-6-10(12(16)11(14)7-9)8-15-13(2)4-3-5-13/h6-7,15-16H,3-5,8H2,1-2H3. The predicted octanol–water partition coefficient (Wildman–Crippen LogP) is 3.50. The Bertz CT molecular complexity index is 399. The molecule has 0 radical (unpaired) electrons. The van der Waals surface area contributed by atoms with Crippen molar-refractivity contribution in [2.75, 3.05) is 0 Å². The number of aryl methyl sites for hydroxylation is 1. The summed E-state index contributed by atoms with van der Waals surface area (Å²) in [5, 5.41) is 13.4. The van der Waals surface area contributed by atoms with Crippen LogP contribution in [0.4, 0.5) is 0 Å². The molecule has 0 amide bonds. The van der Waals surface area contributed by atoms with Crippen LogP contribution in [0.25, 0.3) is 0 Å². The van der Waals surface area contributed by atoms with Crippen molar-refractivity contribution in [3.63, 3.8) is 0 Å². The summed E-state index contributed by atoms with van der Waals surface area (Å²) in [5.74, 6) is 0.362. The van der Waals surface area contributed by atoms with E-state index in [1.807, 2.05) is 19.1 Å². The number of hydrogen-bond acceptors (Lipinski definition) is 2. The molecule has 88 valence electrons. The molecule has 0 spiro atoms. The summed E-state index contributed by atoms with van der Waals surface area (Å²) >= 11 is 3.37. The molecule has 16 heavy (non-hydrogen) atoms. The highest BCUT2D eigenvalue weighted by molar-refractivity contribution is 9.10. The van der Waals surface area contributed by atoms with Crippen molar-refractivity contribution >= 4 is 15.9 Å². The van der Waals surface area contributed by atoms with Gasteiger partial charge in [-0.15, -0.1) is 0 Å². The number of rotatable bonds is 3. The van der Waals surface area contributed by atoms with Crippen molar-refractivity contribution in [2.24, 2.45) is 0 Å². The van der Waals surface area contributed by atoms with E-state index in [4.69, 9.17) is 0 Å². The van der Waals surface area contributed by atoms with Crippen LogP contribution < -0.4 is 5.32 Å². The number of aromatic hydroxyl groups is 1. The average Bonchev–Trinajstić information content (AvgIpc) is 2.18. The third kappa shape index (κ3) is 2.41. The zero-order valence-corrected chi connectivity index (χ0v) is 11.4. The fourth-order valence-corrected chi connectivity index (χ4v) is 2.75. The lowest BCUT2D eigenvalue weighted by molar-refractivity contribution is 0.206. The SMILES string of the molecule is Cc1cc(Br)c(O)c(CNC2(C)CCC2)c1. The molecule has 0 aromatic heterocycles. The van der Waals surface area contributed by atoms with Crippen LogP contribution in [0.5, 0.6) is 5.75 Å². The van der Waals surface area contributed by atoms with Gasteiger partial charge in [-0.3, -0.25) is 0 Å². The van der Waals surface area contributed by atoms with Gasteiger partial charge in [0.2, 0.25) is 0 Å². The van der Waals surface area contributed by atoms with Gasteiger partial charge in [-0.2, -0.15) is 0 Å². The van der Waals surface area contributed by atoms with Crippen LogP contribution in [0.2, 0.25) is 0 Å². The highest BCUT2D eigenvalue weighted by Crippen LogP contribution is 2.33. The van der Waals surface area contributed by atoms with Gasteiger partial charge in [0.15, 0.2) is 0 Å². The van der Waals surface area contributed by atoms with E-state index in [1.165, 1.54) is 24.8 Å². The lowest BCUT2D eigenvalue weighted by atomic mass is 9.78. The third-order valence-electron chi connectivity index (χ3n) is 3.45. The van der Waals surface area contributed by atoms with E-state index in [-0.39, 0.29) is 5.54 Å². The fourth-order valence-electron chi connectivity index (χ4n) is 2.13. The molecular formula is C13H18BrNO. The van der Waals surface area contributed by atoms with Gasteiger partial charge in [0.1, 0.15) is 5.75 Å². The molecule has 0 saturated heterocycles. The van der Waals surface area contributed by atoms with Gasteiger partial charge >= 0.3 is 0 Å². The van der Waals surface area contributed by atoms with Gasteiger partial charge in [0.05, 0.1) is 4.47 Å². The molecule has 1 aliphatic carbocycles. The minimum Gasteiger partial charge on any atom is -0.506 e. The smallest absolute Gasteiger partial charge is 0.134 e. The van der Waals surface area contributed by atoms with E-state index in [1.54, 1.807) is 0 Å². The molecule has 3 heteroatoms. The molecule has 1 aliphatic rings. The maximum Gasteiger partial charge on any atom is 0.134 e. The second-order valence-corrected chi connectivity index (χ2v) is 5.88. The molecule has 0 heterocycles. The van der Waals surface area contributed by atoms with E-state index >= 15 is 0 Å². The van der Waals surface area contributed by atoms with Crippen molar-refractivity contribution in [3.8, 4) is 5.75 Å². The van der Waals surface area contributed by atoms with Gasteiger partial charge in [-0.25, -0.2) is 0 Å². The van der Waals surface area contributed by atoms with E-state index in [0.29, 0.717) is 5.75 Å². The van der Waals surface area contributed by atoms with Crippen molar-refractivity contribution in [3.05, 3.63) is 27.7 Å². The van der Waals surface area contributed by atoms with Crippen LogP contribution in [-0.2, 0) is 6.54 Å². The Labute approximate surface area is 105 Å². The molecule has 2 N–H and O–H groups in total. The minimum atomic E-state index is 0.280. The van der Waals surface area contributed by atoms with E-state index in [0.717, 1.165) is 16.6 Å². The molecule has 0 unspecified atom stereocenters. The first-order valence-electron chi connectivity index (χ1n) is 5.73. The monoisotopic (exact) mass is 283 g/mol. The number of nitrogens with one attached hydrogen (secondary N) is 1. The molecule has 1 aromatic carbocycles. The van der Waals surface area contributed by atoms with Crippen LogP contribution in [0, 0.1) is 6.92 Å². The summed E-state index contributed by atoms with van der Waals surface area (Å²) in [6.45, 7) is 5.03. The first-order chi connectivity index (χ1) is 7.50. The molecule has 0 atom stereocenters. The van der Waals surface area contributed by atoms with E-state index < -0.39 is 0 Å². The van der Waals surface area contributed by atoms with Crippen molar-refractivity contribution in [1.29, 1.82) is 0 Å². The molecule has 1 saturated carbocycles. The summed E-state index contributed by atoms with van der Waals surface area (Å²) in [6.07, 6.45) is 3.79. The largest absolute Gasteiger partial charge is 0.506 e. The molecule has 1 aromatic rings. The highest BCUT2D eigenvalue weighted by Gasteiger charge is 2.30. The molecule has 0 aliphatic heterocycles. The summed E-state index contributed by atoms with van der Waals surface area (Å²) < 4.78 is 0.781. The van der Waals surface area contributed by atoms with Crippen molar-refractivity contribution < 1.29 is 5.11 Å². The maximum atomic E-state index is 9.92. The number of hydrogen-bond donors (Lipinski definition) is 2. The molecule has 2 rings (SSSR count). The Morgan fingerprint density at radius 1 is 1.44 bits per heavy atom.